The van der Waals surface area contributed by atoms with Gasteiger partial charge in [-0.25, -0.2) is 4.98 Å². The Labute approximate surface area is 145 Å². The third-order valence-corrected chi connectivity index (χ3v) is 4.41. The lowest BCUT2D eigenvalue weighted by molar-refractivity contribution is 0.0947. The fourth-order valence-electron chi connectivity index (χ4n) is 2.94. The number of fused-ring (bicyclic) bond motifs is 1. The minimum absolute atomic E-state index is 0.0103. The fraction of sp³-hybridized carbons (Fsp3) is 0.650. The highest BCUT2D eigenvalue weighted by atomic mass is 16.4. The predicted molar refractivity (Wildman–Crippen MR) is 97.2 cm³/mol. The zero-order chi connectivity index (χ0) is 17.0. The molecule has 0 aliphatic heterocycles. The van der Waals surface area contributed by atoms with Crippen molar-refractivity contribution in [2.75, 3.05) is 0 Å². The zero-order valence-electron chi connectivity index (χ0n) is 14.9. The maximum absolute atomic E-state index is 12.1. The van der Waals surface area contributed by atoms with Gasteiger partial charge in [0.15, 0.2) is 11.2 Å². The number of oxazole rings is 1. The Kier molecular flexibility index (Phi) is 8.50. The van der Waals surface area contributed by atoms with Gasteiger partial charge in [-0.2, -0.15) is 4.98 Å². The molecule has 0 aromatic carbocycles. The van der Waals surface area contributed by atoms with E-state index < -0.39 is 0 Å². The third-order valence-electron chi connectivity index (χ3n) is 4.41. The molecule has 4 heteroatoms. The molecule has 0 spiro atoms. The standard InChI is InChI=1S/C20H30N2O2/c1-2-3-4-5-6-7-8-9-10-11-12-14-17(23)20-22-19-18(24-20)15-13-16-21-19/h13,15-16H,2-12,14H2,1H3. The molecule has 4 nitrogen and oxygen atoms in total. The topological polar surface area (TPSA) is 56.0 Å². The SMILES string of the molecule is CCCCCCCCCCCCCC(=O)c1nc2ncccc2o1. The first-order chi connectivity index (χ1) is 11.8. The minimum Gasteiger partial charge on any atom is -0.432 e. The van der Waals surface area contributed by atoms with E-state index in [1.807, 2.05) is 0 Å². The monoisotopic (exact) mass is 330 g/mol. The van der Waals surface area contributed by atoms with Gasteiger partial charge in [-0.1, -0.05) is 71.1 Å². The predicted octanol–water partition coefficient (Wildman–Crippen LogP) is 6.11. The van der Waals surface area contributed by atoms with Crippen LogP contribution in [0.5, 0.6) is 0 Å². The summed E-state index contributed by atoms with van der Waals surface area (Å²) in [4.78, 5) is 20.3. The van der Waals surface area contributed by atoms with Crippen LogP contribution in [0.3, 0.4) is 0 Å². The van der Waals surface area contributed by atoms with Gasteiger partial charge in [0.1, 0.15) is 0 Å². The summed E-state index contributed by atoms with van der Waals surface area (Å²) in [5.74, 6) is 0.194. The van der Waals surface area contributed by atoms with Crippen LogP contribution in [0.4, 0.5) is 0 Å². The maximum atomic E-state index is 12.1. The van der Waals surface area contributed by atoms with E-state index in [0.29, 0.717) is 17.7 Å². The van der Waals surface area contributed by atoms with Crippen molar-refractivity contribution in [1.29, 1.82) is 0 Å². The molecule has 0 N–H and O–H groups in total. The number of rotatable bonds is 13. The lowest BCUT2D eigenvalue weighted by Crippen LogP contribution is -1.99. The lowest BCUT2D eigenvalue weighted by atomic mass is 10.0. The van der Waals surface area contributed by atoms with Gasteiger partial charge in [-0.3, -0.25) is 4.79 Å². The molecule has 132 valence electrons. The third kappa shape index (κ3) is 6.42. The van der Waals surface area contributed by atoms with E-state index in [0.717, 1.165) is 12.8 Å². The first-order valence-electron chi connectivity index (χ1n) is 9.56. The van der Waals surface area contributed by atoms with Gasteiger partial charge in [0.2, 0.25) is 5.78 Å². The number of hydrogen-bond donors (Lipinski definition) is 0. The molecular weight excluding hydrogens is 300 g/mol. The summed E-state index contributed by atoms with van der Waals surface area (Å²) in [5.41, 5.74) is 1.10. The van der Waals surface area contributed by atoms with Crippen molar-refractivity contribution < 1.29 is 9.21 Å². The summed E-state index contributed by atoms with van der Waals surface area (Å²) in [6, 6.07) is 3.57. The fourth-order valence-corrected chi connectivity index (χ4v) is 2.94. The quantitative estimate of drug-likeness (QED) is 0.328. The van der Waals surface area contributed by atoms with Gasteiger partial charge >= 0.3 is 0 Å². The summed E-state index contributed by atoms with van der Waals surface area (Å²) in [5, 5.41) is 0. The molecule has 0 saturated carbocycles. The van der Waals surface area contributed by atoms with E-state index in [4.69, 9.17) is 4.42 Å². The van der Waals surface area contributed by atoms with Crippen molar-refractivity contribution in [3.8, 4) is 0 Å². The molecule has 0 saturated heterocycles. The van der Waals surface area contributed by atoms with Crippen LogP contribution in [0, 0.1) is 0 Å². The number of aromatic nitrogens is 2. The lowest BCUT2D eigenvalue weighted by Gasteiger charge is -2.02. The molecule has 0 amide bonds. The van der Waals surface area contributed by atoms with E-state index >= 15 is 0 Å². The number of ketones is 1. The molecule has 2 aromatic heterocycles. The first kappa shape index (κ1) is 18.6. The highest BCUT2D eigenvalue weighted by Gasteiger charge is 2.14. The van der Waals surface area contributed by atoms with Crippen LogP contribution in [-0.2, 0) is 0 Å². The second-order valence-corrected chi connectivity index (χ2v) is 6.55. The van der Waals surface area contributed by atoms with Crippen molar-refractivity contribution in [2.45, 2.75) is 84.0 Å². The Morgan fingerprint density at radius 2 is 1.58 bits per heavy atom. The number of hydrogen-bond acceptors (Lipinski definition) is 4. The number of carbonyl (C=O) groups excluding carboxylic acids is 1. The van der Waals surface area contributed by atoms with Gasteiger partial charge in [-0.15, -0.1) is 0 Å². The molecule has 0 radical (unpaired) electrons. The zero-order valence-corrected chi connectivity index (χ0v) is 14.9. The Morgan fingerprint density at radius 1 is 0.958 bits per heavy atom. The summed E-state index contributed by atoms with van der Waals surface area (Å²) in [7, 11) is 0. The number of nitrogens with zero attached hydrogens (tertiary/aromatic N) is 2. The van der Waals surface area contributed by atoms with Gasteiger partial charge in [0.25, 0.3) is 5.89 Å². The van der Waals surface area contributed by atoms with Crippen molar-refractivity contribution in [2.24, 2.45) is 0 Å². The summed E-state index contributed by atoms with van der Waals surface area (Å²) in [6.07, 6.45) is 16.3. The van der Waals surface area contributed by atoms with Crippen LogP contribution in [0.25, 0.3) is 11.2 Å². The Balaban J connectivity index is 1.50. The first-order valence-corrected chi connectivity index (χ1v) is 9.56. The second-order valence-electron chi connectivity index (χ2n) is 6.55. The van der Waals surface area contributed by atoms with Gasteiger partial charge < -0.3 is 4.42 Å². The van der Waals surface area contributed by atoms with E-state index in [1.54, 1.807) is 18.3 Å². The van der Waals surface area contributed by atoms with Crippen LogP contribution < -0.4 is 0 Å². The molecular formula is C20H30N2O2. The molecule has 0 aliphatic carbocycles. The highest BCUT2D eigenvalue weighted by molar-refractivity contribution is 5.93. The molecule has 2 heterocycles. The average molecular weight is 330 g/mol. The molecule has 0 atom stereocenters. The molecule has 0 bridgehead atoms. The Hall–Kier alpha value is -1.71. The molecule has 2 rings (SSSR count). The van der Waals surface area contributed by atoms with Crippen molar-refractivity contribution >= 4 is 17.0 Å². The van der Waals surface area contributed by atoms with Crippen molar-refractivity contribution in [3.05, 3.63) is 24.2 Å². The smallest absolute Gasteiger partial charge is 0.265 e. The van der Waals surface area contributed by atoms with Crippen LogP contribution in [-0.4, -0.2) is 15.8 Å². The van der Waals surface area contributed by atoms with E-state index in [2.05, 4.69) is 16.9 Å². The maximum Gasteiger partial charge on any atom is 0.265 e. The summed E-state index contributed by atoms with van der Waals surface area (Å²) >= 11 is 0. The number of pyridine rings is 1. The molecule has 0 aliphatic rings. The summed E-state index contributed by atoms with van der Waals surface area (Å²) in [6.45, 7) is 2.26. The number of carbonyl (C=O) groups is 1. The highest BCUT2D eigenvalue weighted by Crippen LogP contribution is 2.16. The van der Waals surface area contributed by atoms with E-state index in [1.165, 1.54) is 57.8 Å². The molecule has 2 aromatic rings. The normalized spacial score (nSPS) is 11.2. The Morgan fingerprint density at radius 3 is 2.21 bits per heavy atom. The largest absolute Gasteiger partial charge is 0.432 e. The van der Waals surface area contributed by atoms with Crippen LogP contribution in [0.1, 0.15) is 94.7 Å². The van der Waals surface area contributed by atoms with Crippen molar-refractivity contribution in [1.82, 2.24) is 9.97 Å². The van der Waals surface area contributed by atoms with Crippen LogP contribution in [0.15, 0.2) is 22.7 Å². The number of unbranched alkanes of at least 4 members (excludes halogenated alkanes) is 10. The average Bonchev–Trinajstić information content (AvgIpc) is 3.04. The van der Waals surface area contributed by atoms with Crippen LogP contribution in [0.2, 0.25) is 0 Å². The molecule has 24 heavy (non-hydrogen) atoms. The molecule has 0 unspecified atom stereocenters. The Bertz CT molecular complexity index is 573. The van der Waals surface area contributed by atoms with Gasteiger partial charge in [0, 0.05) is 12.6 Å². The minimum atomic E-state index is -0.0103. The van der Waals surface area contributed by atoms with Gasteiger partial charge in [0.05, 0.1) is 0 Å². The van der Waals surface area contributed by atoms with E-state index in [-0.39, 0.29) is 11.7 Å². The molecule has 0 fully saturated rings. The van der Waals surface area contributed by atoms with Crippen LogP contribution >= 0.6 is 0 Å². The summed E-state index contributed by atoms with van der Waals surface area (Å²) < 4.78 is 5.46. The second kappa shape index (κ2) is 11.0. The van der Waals surface area contributed by atoms with E-state index in [9.17, 15) is 4.79 Å². The van der Waals surface area contributed by atoms with Gasteiger partial charge in [-0.05, 0) is 18.6 Å². The van der Waals surface area contributed by atoms with Crippen molar-refractivity contribution in [3.63, 3.8) is 0 Å². The number of Topliss-reactive ketones (excluding diaryl/α,β-unsaturated/α-hetero) is 1.